The van der Waals surface area contributed by atoms with Crippen molar-refractivity contribution in [3.63, 3.8) is 0 Å². The molecule has 2 rings (SSSR count). The number of nitrogens with zero attached hydrogens (tertiary/aromatic N) is 3. The molecule has 0 unspecified atom stereocenters. The maximum atomic E-state index is 11.5. The van der Waals surface area contributed by atoms with Crippen LogP contribution in [0.15, 0.2) is 35.4 Å². The third-order valence-corrected chi connectivity index (χ3v) is 5.34. The van der Waals surface area contributed by atoms with E-state index in [4.69, 9.17) is 36.7 Å². The minimum atomic E-state index is -1.25. The molecule has 1 fully saturated rings. The second-order valence-electron chi connectivity index (χ2n) is 6.10. The predicted octanol–water partition coefficient (Wildman–Crippen LogP) is 2.95. The molecular formula is C18H23N3O6S2. The number of carbonyl (C=O) groups is 1. The van der Waals surface area contributed by atoms with Gasteiger partial charge in [-0.1, -0.05) is 35.4 Å². The molecule has 0 saturated carbocycles. The van der Waals surface area contributed by atoms with Gasteiger partial charge in [0.2, 0.25) is 4.38 Å². The van der Waals surface area contributed by atoms with Crippen molar-refractivity contribution in [1.82, 2.24) is 0 Å². The lowest BCUT2D eigenvalue weighted by Gasteiger charge is -2.42. The molecule has 1 aliphatic heterocycles. The van der Waals surface area contributed by atoms with Crippen molar-refractivity contribution >= 4 is 34.3 Å². The molecule has 5 atom stereocenters. The summed E-state index contributed by atoms with van der Waals surface area (Å²) in [4.78, 5) is 14.3. The van der Waals surface area contributed by atoms with E-state index in [0.717, 1.165) is 17.3 Å². The van der Waals surface area contributed by atoms with E-state index in [1.165, 1.54) is 6.92 Å². The Hall–Kier alpha value is -1.88. The van der Waals surface area contributed by atoms with Crippen molar-refractivity contribution in [2.45, 2.75) is 50.2 Å². The molecule has 1 aromatic rings. The van der Waals surface area contributed by atoms with Crippen LogP contribution in [0.25, 0.3) is 10.4 Å². The SMILES string of the molecule is CCOC(=S)S[C@@H]1O[C@H](COCc2ccccc2)[C@H](O)[C@H](OC(C)=O)[C@H]1N=[N+]=[N-]. The van der Waals surface area contributed by atoms with Crippen molar-refractivity contribution in [2.75, 3.05) is 13.2 Å². The van der Waals surface area contributed by atoms with E-state index >= 15 is 0 Å². The van der Waals surface area contributed by atoms with Gasteiger partial charge in [0, 0.05) is 11.8 Å². The standard InChI is InChI=1S/C18H23N3O6S2/c1-3-25-18(28)29-17-14(20-21-19)16(26-11(2)22)15(23)13(27-17)10-24-9-12-7-5-4-6-8-12/h4-8,13-17,23H,3,9-10H2,1-2H3/t13-,14-,15+,16-,17+/m1/s1. The Bertz CT molecular complexity index is 732. The molecular weight excluding hydrogens is 418 g/mol. The van der Waals surface area contributed by atoms with E-state index in [1.54, 1.807) is 6.92 Å². The molecule has 0 spiro atoms. The fourth-order valence-electron chi connectivity index (χ4n) is 2.76. The van der Waals surface area contributed by atoms with Gasteiger partial charge in [-0.2, -0.15) is 0 Å². The van der Waals surface area contributed by atoms with Crippen LogP contribution in [-0.4, -0.2) is 58.5 Å². The van der Waals surface area contributed by atoms with Gasteiger partial charge in [-0.25, -0.2) is 0 Å². The molecule has 11 heteroatoms. The molecule has 29 heavy (non-hydrogen) atoms. The summed E-state index contributed by atoms with van der Waals surface area (Å²) in [7, 11) is 0. The van der Waals surface area contributed by atoms with Crippen LogP contribution in [-0.2, 0) is 30.3 Å². The average molecular weight is 442 g/mol. The molecule has 0 bridgehead atoms. The summed E-state index contributed by atoms with van der Waals surface area (Å²) in [6, 6.07) is 8.53. The average Bonchev–Trinajstić information content (AvgIpc) is 2.68. The summed E-state index contributed by atoms with van der Waals surface area (Å²) < 4.78 is 22.3. The molecule has 158 valence electrons. The maximum Gasteiger partial charge on any atom is 0.303 e. The van der Waals surface area contributed by atoms with Gasteiger partial charge in [0.1, 0.15) is 29.8 Å². The Labute approximate surface area is 178 Å². The lowest BCUT2D eigenvalue weighted by Crippen LogP contribution is -2.58. The van der Waals surface area contributed by atoms with Gasteiger partial charge in [-0.15, -0.1) is 0 Å². The third kappa shape index (κ3) is 7.14. The molecule has 1 aliphatic rings. The van der Waals surface area contributed by atoms with Gasteiger partial charge < -0.3 is 24.1 Å². The molecule has 0 radical (unpaired) electrons. The smallest absolute Gasteiger partial charge is 0.303 e. The molecule has 0 aromatic heterocycles. The first-order valence-corrected chi connectivity index (χ1v) is 10.2. The van der Waals surface area contributed by atoms with Crippen molar-refractivity contribution < 1.29 is 28.8 Å². The molecule has 1 N–H and O–H groups in total. The number of hydrogen-bond acceptors (Lipinski definition) is 9. The van der Waals surface area contributed by atoms with Crippen LogP contribution >= 0.6 is 24.0 Å². The number of aliphatic hydroxyl groups is 1. The minimum absolute atomic E-state index is 0.0370. The van der Waals surface area contributed by atoms with Crippen LogP contribution in [0.4, 0.5) is 0 Å². The number of hydrogen-bond donors (Lipinski definition) is 1. The maximum absolute atomic E-state index is 11.5. The number of carbonyl (C=O) groups excluding carboxylic acids is 1. The Kier molecular flexibility index (Phi) is 9.65. The molecule has 0 amide bonds. The van der Waals surface area contributed by atoms with Gasteiger partial charge >= 0.3 is 5.97 Å². The summed E-state index contributed by atoms with van der Waals surface area (Å²) in [6.07, 6.45) is -3.18. The number of thiocarbonyl (C=S) groups is 1. The molecule has 1 heterocycles. The lowest BCUT2D eigenvalue weighted by molar-refractivity contribution is -0.194. The zero-order valence-corrected chi connectivity index (χ0v) is 17.7. The lowest BCUT2D eigenvalue weighted by atomic mass is 9.98. The van der Waals surface area contributed by atoms with E-state index in [0.29, 0.717) is 13.2 Å². The van der Waals surface area contributed by atoms with Gasteiger partial charge in [0.15, 0.2) is 0 Å². The van der Waals surface area contributed by atoms with Crippen LogP contribution < -0.4 is 0 Å². The van der Waals surface area contributed by atoms with Crippen LogP contribution in [0.1, 0.15) is 19.4 Å². The number of thioether (sulfide) groups is 1. The Morgan fingerprint density at radius 3 is 2.76 bits per heavy atom. The van der Waals surface area contributed by atoms with Gasteiger partial charge in [-0.3, -0.25) is 4.79 Å². The molecule has 1 saturated heterocycles. The summed E-state index contributed by atoms with van der Waals surface area (Å²) in [5.41, 5.74) is 9.07. The highest BCUT2D eigenvalue weighted by Gasteiger charge is 2.47. The van der Waals surface area contributed by atoms with E-state index in [-0.39, 0.29) is 11.0 Å². The second kappa shape index (κ2) is 12.0. The zero-order chi connectivity index (χ0) is 21.2. The first kappa shape index (κ1) is 23.4. The Morgan fingerprint density at radius 2 is 2.14 bits per heavy atom. The summed E-state index contributed by atoms with van der Waals surface area (Å²) in [5.74, 6) is -0.617. The van der Waals surface area contributed by atoms with Crippen molar-refractivity contribution in [3.05, 3.63) is 46.3 Å². The number of ether oxygens (including phenoxy) is 4. The van der Waals surface area contributed by atoms with Crippen molar-refractivity contribution in [1.29, 1.82) is 0 Å². The highest BCUT2D eigenvalue weighted by atomic mass is 32.2. The zero-order valence-electron chi connectivity index (χ0n) is 16.0. The Morgan fingerprint density at radius 1 is 1.41 bits per heavy atom. The number of azide groups is 1. The fourth-order valence-corrected chi connectivity index (χ4v) is 4.09. The van der Waals surface area contributed by atoms with Gasteiger partial charge in [0.25, 0.3) is 0 Å². The van der Waals surface area contributed by atoms with Crippen molar-refractivity contribution in [3.8, 4) is 0 Å². The third-order valence-electron chi connectivity index (χ3n) is 4.00. The largest absolute Gasteiger partial charge is 0.479 e. The second-order valence-corrected chi connectivity index (χ2v) is 7.80. The highest BCUT2D eigenvalue weighted by molar-refractivity contribution is 8.22. The molecule has 0 aliphatic carbocycles. The van der Waals surface area contributed by atoms with Gasteiger partial charge in [0.05, 0.1) is 19.8 Å². The summed E-state index contributed by atoms with van der Waals surface area (Å²) in [6.45, 7) is 3.72. The minimum Gasteiger partial charge on any atom is -0.479 e. The highest BCUT2D eigenvalue weighted by Crippen LogP contribution is 2.33. The summed E-state index contributed by atoms with van der Waals surface area (Å²) in [5, 5.41) is 14.4. The number of rotatable bonds is 8. The fraction of sp³-hybridized carbons (Fsp3) is 0.556. The number of aliphatic hydroxyl groups excluding tert-OH is 1. The van der Waals surface area contributed by atoms with E-state index in [2.05, 4.69) is 10.0 Å². The Balaban J connectivity index is 2.13. The van der Waals surface area contributed by atoms with Gasteiger partial charge in [-0.05, 0) is 42.0 Å². The van der Waals surface area contributed by atoms with Crippen molar-refractivity contribution in [2.24, 2.45) is 5.11 Å². The number of esters is 1. The monoisotopic (exact) mass is 441 g/mol. The normalized spacial score (nSPS) is 26.2. The van der Waals surface area contributed by atoms with Crippen LogP contribution in [0.5, 0.6) is 0 Å². The number of benzene rings is 1. The van der Waals surface area contributed by atoms with E-state index < -0.39 is 35.8 Å². The van der Waals surface area contributed by atoms with E-state index in [1.807, 2.05) is 30.3 Å². The van der Waals surface area contributed by atoms with Crippen LogP contribution in [0.3, 0.4) is 0 Å². The predicted molar refractivity (Wildman–Crippen MR) is 111 cm³/mol. The topological polar surface area (TPSA) is 123 Å². The first-order chi connectivity index (χ1) is 14.0. The van der Waals surface area contributed by atoms with E-state index in [9.17, 15) is 9.90 Å². The summed E-state index contributed by atoms with van der Waals surface area (Å²) >= 11 is 6.17. The van der Waals surface area contributed by atoms with Crippen LogP contribution in [0.2, 0.25) is 0 Å². The molecule has 1 aromatic carbocycles. The van der Waals surface area contributed by atoms with Crippen LogP contribution in [0, 0.1) is 0 Å². The quantitative estimate of drug-likeness (QED) is 0.215. The molecule has 9 nitrogen and oxygen atoms in total. The first-order valence-electron chi connectivity index (χ1n) is 8.96.